The second kappa shape index (κ2) is 4.16. The molecule has 0 N–H and O–H groups in total. The van der Waals surface area contributed by atoms with E-state index in [1.807, 2.05) is 19.9 Å². The molecular formula is C15H18O2S. The van der Waals surface area contributed by atoms with Crippen LogP contribution in [0.1, 0.15) is 51.0 Å². The maximum Gasteiger partial charge on any atom is 0.235 e. The molecular weight excluding hydrogens is 244 g/mol. The molecule has 18 heavy (non-hydrogen) atoms. The Morgan fingerprint density at radius 2 is 1.67 bits per heavy atom. The average molecular weight is 262 g/mol. The van der Waals surface area contributed by atoms with E-state index in [1.54, 1.807) is 11.3 Å². The summed E-state index contributed by atoms with van der Waals surface area (Å²) in [5.41, 5.74) is 0.808. The van der Waals surface area contributed by atoms with Gasteiger partial charge in [-0.25, -0.2) is 0 Å². The van der Waals surface area contributed by atoms with E-state index in [9.17, 15) is 9.59 Å². The summed E-state index contributed by atoms with van der Waals surface area (Å²) >= 11 is 1.62. The fraction of sp³-hybridized carbons (Fsp3) is 0.467. The van der Waals surface area contributed by atoms with Crippen molar-refractivity contribution in [3.63, 3.8) is 0 Å². The highest BCUT2D eigenvalue weighted by atomic mass is 32.1. The molecule has 2 aromatic rings. The number of hydrogen-bond acceptors (Lipinski definition) is 3. The van der Waals surface area contributed by atoms with Crippen LogP contribution in [0.25, 0.3) is 10.4 Å². The van der Waals surface area contributed by atoms with Gasteiger partial charge in [0.15, 0.2) is 0 Å². The normalized spacial score (nSPS) is 12.6. The van der Waals surface area contributed by atoms with Crippen molar-refractivity contribution in [2.75, 3.05) is 0 Å². The summed E-state index contributed by atoms with van der Waals surface area (Å²) in [6.07, 6.45) is 0. The minimum absolute atomic E-state index is 0.0816. The van der Waals surface area contributed by atoms with Crippen molar-refractivity contribution in [1.82, 2.24) is 0 Å². The first kappa shape index (κ1) is 13.2. The van der Waals surface area contributed by atoms with Crippen molar-refractivity contribution >= 4 is 11.3 Å². The molecule has 0 aliphatic rings. The molecule has 0 aliphatic carbocycles. The van der Waals surface area contributed by atoms with Crippen LogP contribution in [-0.4, -0.2) is 0 Å². The smallest absolute Gasteiger partial charge is 0.235 e. The highest BCUT2D eigenvalue weighted by Crippen LogP contribution is 2.36. The van der Waals surface area contributed by atoms with Crippen LogP contribution in [0.15, 0.2) is 21.7 Å². The lowest BCUT2D eigenvalue weighted by molar-refractivity contribution is 0.604. The molecule has 1 aromatic carbocycles. The van der Waals surface area contributed by atoms with E-state index in [-0.39, 0.29) is 22.2 Å². The van der Waals surface area contributed by atoms with Crippen LogP contribution in [0.3, 0.4) is 0 Å². The summed E-state index contributed by atoms with van der Waals surface area (Å²) in [4.78, 5) is 25.5. The molecule has 0 aliphatic heterocycles. The van der Waals surface area contributed by atoms with Crippen molar-refractivity contribution in [3.05, 3.63) is 43.0 Å². The van der Waals surface area contributed by atoms with Crippen LogP contribution in [0.4, 0.5) is 0 Å². The van der Waals surface area contributed by atoms with Crippen molar-refractivity contribution in [1.29, 1.82) is 0 Å². The average Bonchev–Trinajstić information content (AvgIpc) is 2.71. The van der Waals surface area contributed by atoms with Gasteiger partial charge in [0, 0.05) is 15.3 Å². The monoisotopic (exact) mass is 262 g/mol. The maximum atomic E-state index is 11.7. The Morgan fingerprint density at radius 3 is 2.11 bits per heavy atom. The minimum Gasteiger partial charge on any atom is -0.285 e. The molecule has 1 aromatic heterocycles. The second-order valence-electron chi connectivity index (χ2n) is 6.02. The Kier molecular flexibility index (Phi) is 3.06. The summed E-state index contributed by atoms with van der Waals surface area (Å²) in [7, 11) is 0. The summed E-state index contributed by atoms with van der Waals surface area (Å²) in [5.74, 6) is 0.116. The van der Waals surface area contributed by atoms with Gasteiger partial charge >= 0.3 is 0 Å². The van der Waals surface area contributed by atoms with Gasteiger partial charge < -0.3 is 0 Å². The molecule has 0 spiro atoms. The first-order chi connectivity index (χ1) is 8.23. The van der Waals surface area contributed by atoms with Gasteiger partial charge in [0.25, 0.3) is 0 Å². The zero-order valence-electron chi connectivity index (χ0n) is 11.5. The van der Waals surface area contributed by atoms with Gasteiger partial charge in [0.05, 0.1) is 5.56 Å². The molecule has 0 unspecified atom stereocenters. The zero-order valence-corrected chi connectivity index (χ0v) is 12.3. The van der Waals surface area contributed by atoms with Crippen LogP contribution < -0.4 is 10.9 Å². The Morgan fingerprint density at radius 1 is 1.06 bits per heavy atom. The summed E-state index contributed by atoms with van der Waals surface area (Å²) in [6, 6.07) is 4.02. The maximum absolute atomic E-state index is 11.7. The number of thiophene rings is 1. The Balaban J connectivity index is 2.52. The van der Waals surface area contributed by atoms with Crippen LogP contribution >= 0.6 is 11.3 Å². The van der Waals surface area contributed by atoms with E-state index in [2.05, 4.69) is 26.8 Å². The topological polar surface area (TPSA) is 34.1 Å². The molecule has 96 valence electrons. The van der Waals surface area contributed by atoms with Gasteiger partial charge in [0.1, 0.15) is 0 Å². The standard InChI is InChI=1S/C15H18O2S/c1-8(2)11-12(14(17)13(11)16)9-6-7-10(18-9)15(3,4)5/h6-8H,1-5H3. The molecule has 2 rings (SSSR count). The highest BCUT2D eigenvalue weighted by Gasteiger charge is 2.26. The van der Waals surface area contributed by atoms with Crippen LogP contribution in [0, 0.1) is 0 Å². The van der Waals surface area contributed by atoms with Gasteiger partial charge in [-0.15, -0.1) is 11.3 Å². The first-order valence-corrected chi connectivity index (χ1v) is 6.99. The van der Waals surface area contributed by atoms with E-state index in [1.165, 1.54) is 4.88 Å². The molecule has 2 nitrogen and oxygen atoms in total. The first-order valence-electron chi connectivity index (χ1n) is 6.17. The van der Waals surface area contributed by atoms with Gasteiger partial charge in [-0.2, -0.15) is 0 Å². The molecule has 0 amide bonds. The summed E-state index contributed by atoms with van der Waals surface area (Å²) < 4.78 is 0. The van der Waals surface area contributed by atoms with Crippen LogP contribution in [0.5, 0.6) is 0 Å². The minimum atomic E-state index is -0.319. The van der Waals surface area contributed by atoms with Gasteiger partial charge in [-0.05, 0) is 23.5 Å². The van der Waals surface area contributed by atoms with Crippen molar-refractivity contribution in [2.24, 2.45) is 0 Å². The highest BCUT2D eigenvalue weighted by molar-refractivity contribution is 7.15. The van der Waals surface area contributed by atoms with E-state index in [4.69, 9.17) is 0 Å². The number of hydrogen-bond donors (Lipinski definition) is 0. The third-order valence-corrected chi connectivity index (χ3v) is 4.64. The van der Waals surface area contributed by atoms with Crippen molar-refractivity contribution < 1.29 is 0 Å². The van der Waals surface area contributed by atoms with E-state index in [0.717, 1.165) is 4.88 Å². The molecule has 1 heterocycles. The van der Waals surface area contributed by atoms with Crippen molar-refractivity contribution in [3.8, 4) is 10.4 Å². The van der Waals surface area contributed by atoms with E-state index < -0.39 is 0 Å². The fourth-order valence-corrected chi connectivity index (χ4v) is 3.20. The van der Waals surface area contributed by atoms with E-state index in [0.29, 0.717) is 11.1 Å². The van der Waals surface area contributed by atoms with E-state index >= 15 is 0 Å². The predicted molar refractivity (Wildman–Crippen MR) is 77.5 cm³/mol. The van der Waals surface area contributed by atoms with Crippen molar-refractivity contribution in [2.45, 2.75) is 46.0 Å². The molecule has 0 atom stereocenters. The van der Waals surface area contributed by atoms with Crippen LogP contribution in [0.2, 0.25) is 0 Å². The molecule has 0 saturated carbocycles. The lowest BCUT2D eigenvalue weighted by Gasteiger charge is -2.16. The molecule has 0 bridgehead atoms. The number of rotatable bonds is 2. The van der Waals surface area contributed by atoms with Gasteiger partial charge in [-0.3, -0.25) is 9.59 Å². The Bertz CT molecular complexity index is 647. The quantitative estimate of drug-likeness (QED) is 0.777. The Labute approximate surface area is 111 Å². The summed E-state index contributed by atoms with van der Waals surface area (Å²) in [6.45, 7) is 10.4. The SMILES string of the molecule is CC(C)c1c(-c2ccc(C(C)(C)C)s2)c(=O)c1=O. The lowest BCUT2D eigenvalue weighted by Crippen LogP contribution is -2.37. The second-order valence-corrected chi connectivity index (χ2v) is 7.10. The molecule has 3 heteroatoms. The molecule has 0 saturated heterocycles. The van der Waals surface area contributed by atoms with Gasteiger partial charge in [-0.1, -0.05) is 34.6 Å². The molecule has 0 fully saturated rings. The largest absolute Gasteiger partial charge is 0.285 e. The summed E-state index contributed by atoms with van der Waals surface area (Å²) in [5, 5.41) is 0. The third kappa shape index (κ3) is 1.97. The zero-order chi connectivity index (χ0) is 13.7. The fourth-order valence-electron chi connectivity index (χ4n) is 2.08. The van der Waals surface area contributed by atoms with Gasteiger partial charge in [0.2, 0.25) is 10.9 Å². The molecule has 0 radical (unpaired) electrons. The lowest BCUT2D eigenvalue weighted by atomic mass is 9.90. The third-order valence-electron chi connectivity index (χ3n) is 3.12. The van der Waals surface area contributed by atoms with Crippen LogP contribution in [-0.2, 0) is 5.41 Å². The Hall–Kier alpha value is -1.22. The predicted octanol–water partition coefficient (Wildman–Crippen LogP) is 3.43.